The van der Waals surface area contributed by atoms with Crippen molar-refractivity contribution >= 4 is 44.5 Å². The molecule has 8 heteroatoms. The zero-order chi connectivity index (χ0) is 19.2. The van der Waals surface area contributed by atoms with Crippen LogP contribution in [0.1, 0.15) is 33.1 Å². The van der Waals surface area contributed by atoms with E-state index in [1.165, 1.54) is 0 Å². The molecule has 0 unspecified atom stereocenters. The van der Waals surface area contributed by atoms with E-state index in [0.717, 1.165) is 28.2 Å². The Labute approximate surface area is 165 Å². The Morgan fingerprint density at radius 1 is 1.44 bits per heavy atom. The Kier molecular flexibility index (Phi) is 4.71. The number of hydrogen-bond donors (Lipinski definition) is 2. The number of hydrogen-bond acceptors (Lipinski definition) is 4. The van der Waals surface area contributed by atoms with Crippen molar-refractivity contribution in [1.82, 2.24) is 15.5 Å². The predicted octanol–water partition coefficient (Wildman–Crippen LogP) is 2.75. The summed E-state index contributed by atoms with van der Waals surface area (Å²) in [5, 5.41) is 11.3. The summed E-state index contributed by atoms with van der Waals surface area (Å²) in [7, 11) is 0. The van der Waals surface area contributed by atoms with Crippen LogP contribution in [0.4, 0.5) is 5.82 Å². The number of rotatable bonds is 3. The first-order chi connectivity index (χ1) is 12.8. The number of fused-ring (bicyclic) bond motifs is 1. The van der Waals surface area contributed by atoms with E-state index >= 15 is 0 Å². The highest BCUT2D eigenvalue weighted by Crippen LogP contribution is 2.31. The first-order valence-corrected chi connectivity index (χ1v) is 10.00. The lowest BCUT2D eigenvalue weighted by molar-refractivity contribution is -0.128. The number of ether oxygens (including phenoxy) is 1. The van der Waals surface area contributed by atoms with Crippen molar-refractivity contribution in [3.05, 3.63) is 22.7 Å². The zero-order valence-electron chi connectivity index (χ0n) is 15.4. The van der Waals surface area contributed by atoms with Crippen molar-refractivity contribution < 1.29 is 14.3 Å². The highest BCUT2D eigenvalue weighted by molar-refractivity contribution is 9.10. The molecule has 0 spiro atoms. The maximum absolute atomic E-state index is 12.7. The maximum Gasteiger partial charge on any atom is 0.229 e. The van der Waals surface area contributed by atoms with Crippen molar-refractivity contribution in [2.45, 2.75) is 44.8 Å². The minimum atomic E-state index is -0.356. The van der Waals surface area contributed by atoms with Crippen LogP contribution in [0.25, 0.3) is 10.9 Å². The number of carbonyl (C=O) groups is 2. The third-order valence-corrected chi connectivity index (χ3v) is 5.79. The third kappa shape index (κ3) is 3.73. The molecule has 2 aromatic rings. The number of carbonyl (C=O) groups excluding carboxylic acids is 2. The van der Waals surface area contributed by atoms with Gasteiger partial charge in [0, 0.05) is 35.5 Å². The number of aromatic nitrogens is 2. The van der Waals surface area contributed by atoms with Crippen LogP contribution in [0.2, 0.25) is 0 Å². The number of halogens is 1. The van der Waals surface area contributed by atoms with E-state index in [4.69, 9.17) is 4.74 Å². The summed E-state index contributed by atoms with van der Waals surface area (Å²) >= 11 is 3.43. The van der Waals surface area contributed by atoms with Gasteiger partial charge in [0.2, 0.25) is 11.8 Å². The molecule has 0 aliphatic carbocycles. The standard InChI is InChI=1S/C19H23BrN4O3/c1-19(2)9-13(5-6-27-19)21-18(26)11-7-16(25)24(10-11)17-14-4-3-12(20)8-15(14)22-23-17/h3-4,8,11,13H,5-7,9-10H2,1-2H3,(H,21,26)(H,22,23)/t11-,13+/m0/s1. The Bertz CT molecular complexity index is 894. The van der Waals surface area contributed by atoms with Gasteiger partial charge in [-0.1, -0.05) is 15.9 Å². The second-order valence-electron chi connectivity index (χ2n) is 7.95. The van der Waals surface area contributed by atoms with Gasteiger partial charge >= 0.3 is 0 Å². The van der Waals surface area contributed by atoms with Gasteiger partial charge in [0.15, 0.2) is 5.82 Å². The van der Waals surface area contributed by atoms with E-state index in [1.54, 1.807) is 4.90 Å². The summed E-state index contributed by atoms with van der Waals surface area (Å²) in [6.45, 7) is 5.07. The lowest BCUT2D eigenvalue weighted by atomic mass is 9.93. The van der Waals surface area contributed by atoms with Crippen LogP contribution in [0.5, 0.6) is 0 Å². The van der Waals surface area contributed by atoms with Crippen LogP contribution in [-0.2, 0) is 14.3 Å². The Morgan fingerprint density at radius 3 is 3.04 bits per heavy atom. The Hall–Kier alpha value is -1.93. The summed E-state index contributed by atoms with van der Waals surface area (Å²) in [4.78, 5) is 26.9. The molecule has 7 nitrogen and oxygen atoms in total. The van der Waals surface area contributed by atoms with E-state index in [0.29, 0.717) is 19.0 Å². The molecule has 2 atom stereocenters. The van der Waals surface area contributed by atoms with Crippen molar-refractivity contribution in [3.8, 4) is 0 Å². The van der Waals surface area contributed by atoms with Crippen LogP contribution in [-0.4, -0.2) is 46.8 Å². The molecule has 4 rings (SSSR count). The largest absolute Gasteiger partial charge is 0.375 e. The molecule has 0 radical (unpaired) electrons. The Morgan fingerprint density at radius 2 is 2.26 bits per heavy atom. The van der Waals surface area contributed by atoms with Crippen molar-refractivity contribution in [1.29, 1.82) is 0 Å². The molecule has 2 amide bonds. The molecule has 1 aromatic carbocycles. The fraction of sp³-hybridized carbons (Fsp3) is 0.526. The SMILES string of the molecule is CC1(C)C[C@H](NC(=O)[C@H]2CC(=O)N(c3n[nH]c4cc(Br)ccc34)C2)CCO1. The van der Waals surface area contributed by atoms with Gasteiger partial charge in [0.25, 0.3) is 0 Å². The summed E-state index contributed by atoms with van der Waals surface area (Å²) < 4.78 is 6.65. The smallest absolute Gasteiger partial charge is 0.229 e. The maximum atomic E-state index is 12.7. The molecule has 27 heavy (non-hydrogen) atoms. The molecule has 144 valence electrons. The minimum Gasteiger partial charge on any atom is -0.375 e. The van der Waals surface area contributed by atoms with E-state index in [2.05, 4.69) is 31.4 Å². The number of nitrogens with one attached hydrogen (secondary N) is 2. The Balaban J connectivity index is 1.46. The number of aromatic amines is 1. The number of anilines is 1. The lowest BCUT2D eigenvalue weighted by Crippen LogP contribution is -2.47. The normalized spacial score (nSPS) is 25.1. The molecule has 0 saturated carbocycles. The van der Waals surface area contributed by atoms with Gasteiger partial charge in [-0.3, -0.25) is 19.6 Å². The predicted molar refractivity (Wildman–Crippen MR) is 105 cm³/mol. The summed E-state index contributed by atoms with van der Waals surface area (Å²) in [6.07, 6.45) is 1.80. The van der Waals surface area contributed by atoms with E-state index in [9.17, 15) is 9.59 Å². The molecule has 2 N–H and O–H groups in total. The van der Waals surface area contributed by atoms with Crippen LogP contribution < -0.4 is 10.2 Å². The third-order valence-electron chi connectivity index (χ3n) is 5.30. The topological polar surface area (TPSA) is 87.3 Å². The van der Waals surface area contributed by atoms with Crippen molar-refractivity contribution in [3.63, 3.8) is 0 Å². The molecule has 0 bridgehead atoms. The summed E-state index contributed by atoms with van der Waals surface area (Å²) in [5.74, 6) is 0.102. The van der Waals surface area contributed by atoms with Crippen LogP contribution in [0.15, 0.2) is 22.7 Å². The fourth-order valence-electron chi connectivity index (χ4n) is 3.95. The first kappa shape index (κ1) is 18.4. The number of benzene rings is 1. The molecule has 2 aliphatic rings. The number of H-pyrrole nitrogens is 1. The average molecular weight is 435 g/mol. The number of amides is 2. The second kappa shape index (κ2) is 6.91. The van der Waals surface area contributed by atoms with Crippen LogP contribution >= 0.6 is 15.9 Å². The minimum absolute atomic E-state index is 0.0591. The molecule has 2 aliphatic heterocycles. The first-order valence-electron chi connectivity index (χ1n) is 9.21. The molecule has 2 saturated heterocycles. The highest BCUT2D eigenvalue weighted by atomic mass is 79.9. The van der Waals surface area contributed by atoms with E-state index in [-0.39, 0.29) is 35.8 Å². The van der Waals surface area contributed by atoms with Crippen LogP contribution in [0.3, 0.4) is 0 Å². The molecule has 1 aromatic heterocycles. The van der Waals surface area contributed by atoms with Gasteiger partial charge in [0.1, 0.15) is 0 Å². The highest BCUT2D eigenvalue weighted by Gasteiger charge is 2.38. The van der Waals surface area contributed by atoms with E-state index in [1.807, 2.05) is 32.0 Å². The summed E-state index contributed by atoms with van der Waals surface area (Å²) in [6, 6.07) is 5.85. The fourth-order valence-corrected chi connectivity index (χ4v) is 4.31. The lowest BCUT2D eigenvalue weighted by Gasteiger charge is -2.36. The van der Waals surface area contributed by atoms with Gasteiger partial charge in [-0.2, -0.15) is 5.10 Å². The number of nitrogens with zero attached hydrogens (tertiary/aromatic N) is 2. The van der Waals surface area contributed by atoms with E-state index < -0.39 is 0 Å². The quantitative estimate of drug-likeness (QED) is 0.777. The molecular formula is C19H23BrN4O3. The van der Waals surface area contributed by atoms with Crippen molar-refractivity contribution in [2.75, 3.05) is 18.1 Å². The van der Waals surface area contributed by atoms with Gasteiger partial charge in [-0.15, -0.1) is 0 Å². The molecule has 3 heterocycles. The zero-order valence-corrected chi connectivity index (χ0v) is 17.0. The van der Waals surface area contributed by atoms with Gasteiger partial charge in [0.05, 0.1) is 17.0 Å². The monoisotopic (exact) mass is 434 g/mol. The van der Waals surface area contributed by atoms with Gasteiger partial charge in [-0.25, -0.2) is 0 Å². The molecular weight excluding hydrogens is 412 g/mol. The molecule has 2 fully saturated rings. The summed E-state index contributed by atoms with van der Waals surface area (Å²) in [5.41, 5.74) is 0.625. The van der Waals surface area contributed by atoms with Crippen molar-refractivity contribution in [2.24, 2.45) is 5.92 Å². The average Bonchev–Trinajstić information content (AvgIpc) is 3.16. The van der Waals surface area contributed by atoms with Gasteiger partial charge in [-0.05, 0) is 44.9 Å². The van der Waals surface area contributed by atoms with Gasteiger partial charge < -0.3 is 10.1 Å². The van der Waals surface area contributed by atoms with Crippen LogP contribution in [0, 0.1) is 5.92 Å². The second-order valence-corrected chi connectivity index (χ2v) is 8.86.